The average Bonchev–Trinajstić information content (AvgIpc) is 3.24. The number of carbonyl (C=O) groups excluding carboxylic acids is 1. The largest absolute Gasteiger partial charge is 0.484 e. The van der Waals surface area contributed by atoms with Crippen molar-refractivity contribution in [2.45, 2.75) is 25.3 Å². The molecule has 1 fully saturated rings. The molecule has 0 spiro atoms. The first kappa shape index (κ1) is 19.6. The first-order valence-corrected chi connectivity index (χ1v) is 9.87. The summed E-state index contributed by atoms with van der Waals surface area (Å²) in [4.78, 5) is 19.0. The summed E-state index contributed by atoms with van der Waals surface area (Å²) < 4.78 is 11.0. The molecule has 0 saturated carbocycles. The minimum Gasteiger partial charge on any atom is -0.484 e. The smallest absolute Gasteiger partial charge is 0.261 e. The number of piperidine rings is 1. The van der Waals surface area contributed by atoms with E-state index in [1.807, 2.05) is 30.3 Å². The van der Waals surface area contributed by atoms with Gasteiger partial charge in [-0.05, 0) is 37.5 Å². The number of nitrogens with zero attached hydrogens (tertiary/aromatic N) is 5. The Kier molecular flexibility index (Phi) is 5.92. The highest BCUT2D eigenvalue weighted by Gasteiger charge is 2.32. The van der Waals surface area contributed by atoms with E-state index in [9.17, 15) is 4.79 Å². The number of likely N-dealkylation sites (tertiary alicyclic amines) is 1. The standard InChI is InChI=1S/C19H17Cl2N5O3/c20-15-10-13(17(21)24-23-15)19-22-18(25-29-19)14-8-4-5-9-26(14)16(27)11-28-12-6-2-1-3-7-12/h1-3,6-7,10,14H,4-5,8-9,11H2. The fourth-order valence-electron chi connectivity index (χ4n) is 3.23. The quantitative estimate of drug-likeness (QED) is 0.600. The maximum absolute atomic E-state index is 12.8. The lowest BCUT2D eigenvalue weighted by atomic mass is 10.0. The second-order valence-corrected chi connectivity index (χ2v) is 7.27. The van der Waals surface area contributed by atoms with Crippen molar-refractivity contribution in [1.29, 1.82) is 0 Å². The number of hydrogen-bond donors (Lipinski definition) is 0. The van der Waals surface area contributed by atoms with E-state index in [4.69, 9.17) is 32.5 Å². The molecule has 0 radical (unpaired) electrons. The summed E-state index contributed by atoms with van der Waals surface area (Å²) in [5, 5.41) is 11.8. The first-order valence-electron chi connectivity index (χ1n) is 9.12. The minimum atomic E-state index is -0.294. The van der Waals surface area contributed by atoms with Crippen molar-refractivity contribution in [2.24, 2.45) is 0 Å². The van der Waals surface area contributed by atoms with Crippen molar-refractivity contribution in [2.75, 3.05) is 13.2 Å². The maximum atomic E-state index is 12.8. The highest BCUT2D eigenvalue weighted by Crippen LogP contribution is 2.32. The van der Waals surface area contributed by atoms with Gasteiger partial charge in [-0.1, -0.05) is 46.6 Å². The number of halogens is 2. The Labute approximate surface area is 176 Å². The van der Waals surface area contributed by atoms with E-state index >= 15 is 0 Å². The second-order valence-electron chi connectivity index (χ2n) is 6.53. The van der Waals surface area contributed by atoms with E-state index in [1.165, 1.54) is 6.07 Å². The van der Waals surface area contributed by atoms with Gasteiger partial charge in [0.1, 0.15) is 5.75 Å². The predicted octanol–water partition coefficient (Wildman–Crippen LogP) is 3.97. The summed E-state index contributed by atoms with van der Waals surface area (Å²) in [6.07, 6.45) is 2.61. The van der Waals surface area contributed by atoms with Gasteiger partial charge in [0.15, 0.2) is 22.7 Å². The van der Waals surface area contributed by atoms with Crippen LogP contribution in [0.15, 0.2) is 40.9 Å². The van der Waals surface area contributed by atoms with E-state index in [0.717, 1.165) is 19.3 Å². The van der Waals surface area contributed by atoms with Gasteiger partial charge in [-0.2, -0.15) is 4.98 Å². The summed E-state index contributed by atoms with van der Waals surface area (Å²) in [7, 11) is 0. The Morgan fingerprint density at radius 2 is 2.03 bits per heavy atom. The molecule has 3 aromatic rings. The zero-order chi connectivity index (χ0) is 20.2. The highest BCUT2D eigenvalue weighted by atomic mass is 35.5. The van der Waals surface area contributed by atoms with Crippen molar-refractivity contribution in [3.05, 3.63) is 52.5 Å². The van der Waals surface area contributed by atoms with Gasteiger partial charge in [0.2, 0.25) is 0 Å². The molecular weight excluding hydrogens is 417 g/mol. The number of benzene rings is 1. The van der Waals surface area contributed by atoms with Gasteiger partial charge in [-0.15, -0.1) is 10.2 Å². The summed E-state index contributed by atoms with van der Waals surface area (Å²) in [5.41, 5.74) is 0.395. The van der Waals surface area contributed by atoms with Crippen LogP contribution in [0.3, 0.4) is 0 Å². The Morgan fingerprint density at radius 3 is 2.86 bits per heavy atom. The lowest BCUT2D eigenvalue weighted by molar-refractivity contribution is -0.137. The summed E-state index contributed by atoms with van der Waals surface area (Å²) in [6.45, 7) is 0.551. The van der Waals surface area contributed by atoms with Crippen LogP contribution in [0.2, 0.25) is 10.3 Å². The molecule has 8 nitrogen and oxygen atoms in total. The number of amides is 1. The molecule has 10 heteroatoms. The van der Waals surface area contributed by atoms with Gasteiger partial charge < -0.3 is 14.2 Å². The topological polar surface area (TPSA) is 94.2 Å². The van der Waals surface area contributed by atoms with Crippen LogP contribution in [0.5, 0.6) is 5.75 Å². The van der Waals surface area contributed by atoms with Crippen LogP contribution in [0.4, 0.5) is 0 Å². The van der Waals surface area contributed by atoms with E-state index in [2.05, 4.69) is 20.3 Å². The normalized spacial score (nSPS) is 16.6. The van der Waals surface area contributed by atoms with E-state index in [1.54, 1.807) is 4.90 Å². The number of carbonyl (C=O) groups is 1. The number of para-hydroxylation sites is 1. The zero-order valence-electron chi connectivity index (χ0n) is 15.3. The van der Waals surface area contributed by atoms with Crippen molar-refractivity contribution in [3.8, 4) is 17.2 Å². The Morgan fingerprint density at radius 1 is 1.21 bits per heavy atom. The van der Waals surface area contributed by atoms with E-state index in [0.29, 0.717) is 23.7 Å². The van der Waals surface area contributed by atoms with Crippen LogP contribution >= 0.6 is 23.2 Å². The third-order valence-electron chi connectivity index (χ3n) is 4.62. The van der Waals surface area contributed by atoms with Gasteiger partial charge in [0, 0.05) is 6.54 Å². The zero-order valence-corrected chi connectivity index (χ0v) is 16.8. The van der Waals surface area contributed by atoms with Gasteiger partial charge in [0.25, 0.3) is 11.8 Å². The molecule has 1 aliphatic heterocycles. The number of rotatable bonds is 5. The molecule has 1 saturated heterocycles. The fraction of sp³-hybridized carbons (Fsp3) is 0.316. The van der Waals surface area contributed by atoms with Gasteiger partial charge in [-0.25, -0.2) is 0 Å². The van der Waals surface area contributed by atoms with Crippen molar-refractivity contribution < 1.29 is 14.1 Å². The van der Waals surface area contributed by atoms with Crippen molar-refractivity contribution in [3.63, 3.8) is 0 Å². The molecule has 1 amide bonds. The molecule has 2 aromatic heterocycles. The van der Waals surface area contributed by atoms with E-state index in [-0.39, 0.29) is 34.8 Å². The third-order valence-corrected chi connectivity index (χ3v) is 5.08. The highest BCUT2D eigenvalue weighted by molar-refractivity contribution is 6.33. The van der Waals surface area contributed by atoms with Crippen LogP contribution < -0.4 is 4.74 Å². The third kappa shape index (κ3) is 4.49. The van der Waals surface area contributed by atoms with Crippen LogP contribution in [0, 0.1) is 0 Å². The Bertz CT molecular complexity index is 999. The van der Waals surface area contributed by atoms with Crippen molar-refractivity contribution in [1.82, 2.24) is 25.2 Å². The predicted molar refractivity (Wildman–Crippen MR) is 106 cm³/mol. The summed E-state index contributed by atoms with van der Waals surface area (Å²) in [6, 6.07) is 10.4. The van der Waals surface area contributed by atoms with Crippen LogP contribution in [-0.2, 0) is 4.79 Å². The number of ether oxygens (including phenoxy) is 1. The van der Waals surface area contributed by atoms with Crippen LogP contribution in [-0.4, -0.2) is 44.3 Å². The van der Waals surface area contributed by atoms with Gasteiger partial charge >= 0.3 is 0 Å². The average molecular weight is 434 g/mol. The molecule has 1 unspecified atom stereocenters. The molecule has 0 bridgehead atoms. The van der Waals surface area contributed by atoms with Crippen molar-refractivity contribution >= 4 is 29.1 Å². The number of aromatic nitrogens is 4. The lowest BCUT2D eigenvalue weighted by Crippen LogP contribution is -2.41. The molecular formula is C19H17Cl2N5O3. The molecule has 1 atom stereocenters. The van der Waals surface area contributed by atoms with E-state index < -0.39 is 0 Å². The van der Waals surface area contributed by atoms with Crippen LogP contribution in [0.1, 0.15) is 31.1 Å². The molecule has 29 heavy (non-hydrogen) atoms. The monoisotopic (exact) mass is 433 g/mol. The van der Waals surface area contributed by atoms with Crippen LogP contribution in [0.25, 0.3) is 11.5 Å². The summed E-state index contributed by atoms with van der Waals surface area (Å²) >= 11 is 11.9. The molecule has 1 aliphatic rings. The Balaban J connectivity index is 1.51. The molecule has 0 aliphatic carbocycles. The lowest BCUT2D eigenvalue weighted by Gasteiger charge is -2.33. The first-order chi connectivity index (χ1) is 14.1. The minimum absolute atomic E-state index is 0.0546. The molecule has 150 valence electrons. The molecule has 4 rings (SSSR count). The molecule has 0 N–H and O–H groups in total. The molecule has 3 heterocycles. The maximum Gasteiger partial charge on any atom is 0.261 e. The summed E-state index contributed by atoms with van der Waals surface area (Å²) in [5.74, 6) is 1.11. The molecule has 1 aromatic carbocycles. The van der Waals surface area contributed by atoms with Gasteiger partial charge in [0.05, 0.1) is 11.6 Å². The fourth-order valence-corrected chi connectivity index (χ4v) is 3.55. The van der Waals surface area contributed by atoms with Gasteiger partial charge in [-0.3, -0.25) is 4.79 Å². The SMILES string of the molecule is O=C(COc1ccccc1)N1CCCCC1c1noc(-c2cc(Cl)nnc2Cl)n1. The Hall–Kier alpha value is -2.71. The number of hydrogen-bond acceptors (Lipinski definition) is 7. The second kappa shape index (κ2) is 8.75.